The normalized spacial score (nSPS) is 12.8. The van der Waals surface area contributed by atoms with Crippen LogP contribution in [0.4, 0.5) is 0 Å². The summed E-state index contributed by atoms with van der Waals surface area (Å²) in [4.78, 5) is 29.0. The fraction of sp³-hybridized carbons (Fsp3) is 0.714. The highest BCUT2D eigenvalue weighted by atomic mass is 32.1. The molecular weight excluding hydrogens is 897 g/mol. The quantitative estimate of drug-likeness (QED) is 0.0290. The molecule has 2 unspecified atom stereocenters. The Labute approximate surface area is 415 Å². The zero-order valence-corrected chi connectivity index (χ0v) is 45.3. The molecule has 10 heteroatoms. The van der Waals surface area contributed by atoms with Crippen molar-refractivity contribution in [3.8, 4) is 11.5 Å². The molecule has 0 amide bonds. The second-order valence-corrected chi connectivity index (χ2v) is 23.1. The average molecular weight is 984 g/mol. The molecule has 0 N–H and O–H groups in total. The minimum atomic E-state index is -0.262. The summed E-state index contributed by atoms with van der Waals surface area (Å²) in [5.41, 5.74) is 0. The third kappa shape index (κ3) is 16.4. The van der Waals surface area contributed by atoms with Crippen LogP contribution in [0.25, 0.3) is 39.0 Å². The summed E-state index contributed by atoms with van der Waals surface area (Å²) in [5, 5.41) is 2.28. The topological polar surface area (TPSA) is 71.1 Å². The SMILES string of the molecule is CCCCCCCCCCCCOc1c(C(=O)OCC(CC)CCCC)sc2c1sc1cc3c(cc12)sc1c(OCCCCCCCCCCCC)c(C(=O)OCC(CC)CCCC)sc13. The monoisotopic (exact) mass is 983 g/mol. The third-order valence-electron chi connectivity index (χ3n) is 13.5. The van der Waals surface area contributed by atoms with Crippen LogP contribution < -0.4 is 9.47 Å². The van der Waals surface area contributed by atoms with E-state index in [9.17, 15) is 9.59 Å². The molecule has 5 rings (SSSR count). The van der Waals surface area contributed by atoms with Gasteiger partial charge in [-0.1, -0.05) is 196 Å². The Balaban J connectivity index is 1.37. The molecule has 4 aromatic heterocycles. The Morgan fingerprint density at radius 3 is 1.09 bits per heavy atom. The average Bonchev–Trinajstić information content (AvgIpc) is 4.07. The predicted molar refractivity (Wildman–Crippen MR) is 290 cm³/mol. The van der Waals surface area contributed by atoms with Crippen molar-refractivity contribution >= 4 is 96.3 Å². The van der Waals surface area contributed by atoms with E-state index in [2.05, 4.69) is 53.7 Å². The highest BCUT2D eigenvalue weighted by molar-refractivity contribution is 7.35. The summed E-state index contributed by atoms with van der Waals surface area (Å²) >= 11 is 6.47. The minimum absolute atomic E-state index is 0.262. The predicted octanol–water partition coefficient (Wildman–Crippen LogP) is 19.9. The Hall–Kier alpha value is -2.40. The van der Waals surface area contributed by atoms with Crippen LogP contribution in [-0.2, 0) is 9.47 Å². The number of unbranched alkanes of at least 4 members (excludes halogenated alkanes) is 20. The van der Waals surface area contributed by atoms with Crippen LogP contribution >= 0.6 is 45.3 Å². The molecule has 0 aliphatic heterocycles. The molecule has 370 valence electrons. The van der Waals surface area contributed by atoms with E-state index in [0.29, 0.717) is 59.5 Å². The van der Waals surface area contributed by atoms with Gasteiger partial charge in [-0.3, -0.25) is 0 Å². The zero-order valence-electron chi connectivity index (χ0n) is 42.0. The number of carbonyl (C=O) groups excluding carboxylic acids is 2. The fourth-order valence-electron chi connectivity index (χ4n) is 9.02. The van der Waals surface area contributed by atoms with Crippen molar-refractivity contribution < 1.29 is 28.5 Å². The fourth-order valence-corrected chi connectivity index (χ4v) is 14.2. The molecule has 0 aliphatic carbocycles. The summed E-state index contributed by atoms with van der Waals surface area (Å²) in [6.45, 7) is 15.4. The lowest BCUT2D eigenvalue weighted by Crippen LogP contribution is -2.14. The molecule has 66 heavy (non-hydrogen) atoms. The number of rotatable bonds is 38. The zero-order chi connectivity index (χ0) is 46.9. The van der Waals surface area contributed by atoms with Crippen molar-refractivity contribution in [1.82, 2.24) is 0 Å². The van der Waals surface area contributed by atoms with Crippen molar-refractivity contribution in [1.29, 1.82) is 0 Å². The number of esters is 2. The lowest BCUT2D eigenvalue weighted by atomic mass is 10.0. The van der Waals surface area contributed by atoms with Gasteiger partial charge in [0.05, 0.1) is 45.2 Å². The molecule has 2 atom stereocenters. The van der Waals surface area contributed by atoms with E-state index in [1.165, 1.54) is 125 Å². The molecule has 0 aliphatic rings. The Bertz CT molecular complexity index is 1990. The number of hydrogen-bond donors (Lipinski definition) is 0. The van der Waals surface area contributed by atoms with Crippen LogP contribution in [0.1, 0.15) is 241 Å². The van der Waals surface area contributed by atoms with Crippen LogP contribution in [0, 0.1) is 11.8 Å². The Morgan fingerprint density at radius 1 is 0.424 bits per heavy atom. The summed E-state index contributed by atoms with van der Waals surface area (Å²) < 4.78 is 31.9. The molecule has 0 fully saturated rings. The van der Waals surface area contributed by atoms with Gasteiger partial charge in [-0.15, -0.1) is 45.3 Å². The van der Waals surface area contributed by atoms with E-state index in [4.69, 9.17) is 18.9 Å². The van der Waals surface area contributed by atoms with Crippen LogP contribution in [0.3, 0.4) is 0 Å². The number of hydrogen-bond acceptors (Lipinski definition) is 10. The lowest BCUT2D eigenvalue weighted by Gasteiger charge is -2.14. The molecule has 6 nitrogen and oxygen atoms in total. The molecule has 0 bridgehead atoms. The van der Waals surface area contributed by atoms with Gasteiger partial charge in [-0.05, 0) is 49.7 Å². The van der Waals surface area contributed by atoms with Crippen molar-refractivity contribution in [2.75, 3.05) is 26.4 Å². The molecule has 1 aromatic carbocycles. The molecular formula is C56H86O6S4. The first-order valence-electron chi connectivity index (χ1n) is 26.9. The molecule has 0 saturated heterocycles. The molecule has 0 spiro atoms. The third-order valence-corrected chi connectivity index (χ3v) is 18.4. The smallest absolute Gasteiger partial charge is 0.352 e. The summed E-state index contributed by atoms with van der Waals surface area (Å²) in [6, 6.07) is 4.58. The molecule has 4 heterocycles. The van der Waals surface area contributed by atoms with E-state index in [0.717, 1.165) is 116 Å². The van der Waals surface area contributed by atoms with Gasteiger partial charge in [0.1, 0.15) is 0 Å². The van der Waals surface area contributed by atoms with E-state index in [1.54, 1.807) is 22.7 Å². The Morgan fingerprint density at radius 2 is 0.758 bits per heavy atom. The Kier molecular flexibility index (Phi) is 25.6. The highest BCUT2D eigenvalue weighted by Gasteiger charge is 2.28. The highest BCUT2D eigenvalue weighted by Crippen LogP contribution is 2.52. The summed E-state index contributed by atoms with van der Waals surface area (Å²) in [5.74, 6) is 1.61. The lowest BCUT2D eigenvalue weighted by molar-refractivity contribution is 0.0421. The van der Waals surface area contributed by atoms with E-state index >= 15 is 0 Å². The number of ether oxygens (including phenoxy) is 4. The van der Waals surface area contributed by atoms with Gasteiger partial charge >= 0.3 is 11.9 Å². The molecule has 0 saturated carbocycles. The maximum Gasteiger partial charge on any atom is 0.352 e. The van der Waals surface area contributed by atoms with E-state index in [-0.39, 0.29) is 11.9 Å². The first-order chi connectivity index (χ1) is 32.4. The number of benzene rings is 1. The number of carbonyl (C=O) groups is 2. The summed E-state index contributed by atoms with van der Waals surface area (Å²) in [6.07, 6.45) is 34.0. The van der Waals surface area contributed by atoms with Crippen LogP contribution in [0.5, 0.6) is 11.5 Å². The van der Waals surface area contributed by atoms with Crippen molar-refractivity contribution in [3.63, 3.8) is 0 Å². The van der Waals surface area contributed by atoms with Crippen molar-refractivity contribution in [3.05, 3.63) is 21.9 Å². The van der Waals surface area contributed by atoms with Gasteiger partial charge in [-0.2, -0.15) is 0 Å². The maximum atomic E-state index is 13.9. The van der Waals surface area contributed by atoms with Crippen molar-refractivity contribution in [2.45, 2.75) is 221 Å². The van der Waals surface area contributed by atoms with Crippen LogP contribution in [0.15, 0.2) is 12.1 Å². The molecule has 0 radical (unpaired) electrons. The first-order valence-corrected chi connectivity index (χ1v) is 30.1. The minimum Gasteiger partial charge on any atom is -0.490 e. The van der Waals surface area contributed by atoms with Crippen molar-refractivity contribution in [2.24, 2.45) is 11.8 Å². The van der Waals surface area contributed by atoms with Gasteiger partial charge in [0.25, 0.3) is 0 Å². The van der Waals surface area contributed by atoms with Gasteiger partial charge in [0, 0.05) is 20.2 Å². The standard InChI is InChI=1S/C56H86O6S4/c1-7-13-17-19-21-23-25-27-29-31-35-59-47-51-49(65-53(47)55(57)61-39-41(11-5)33-15-9-3)43-37-46-44(38-45(43)63-51)50-52(64-46)48(60-36-32-30-28-26-24-22-20-18-14-8-2)54(66-50)56(58)62-40-42(12-6)34-16-10-4/h37-38,41-42H,7-36,39-40H2,1-6H3. The van der Waals surface area contributed by atoms with Gasteiger partial charge in [-0.25, -0.2) is 9.59 Å². The van der Waals surface area contributed by atoms with Gasteiger partial charge < -0.3 is 18.9 Å². The molecule has 5 aromatic rings. The van der Waals surface area contributed by atoms with Crippen LogP contribution in [0.2, 0.25) is 0 Å². The first kappa shape index (κ1) is 54.5. The number of fused-ring (bicyclic) bond motifs is 6. The second kappa shape index (κ2) is 31.0. The largest absolute Gasteiger partial charge is 0.490 e. The number of thiophene rings is 4. The van der Waals surface area contributed by atoms with Crippen LogP contribution in [-0.4, -0.2) is 38.4 Å². The summed E-state index contributed by atoms with van der Waals surface area (Å²) in [7, 11) is 0. The second-order valence-electron chi connectivity index (χ2n) is 19.0. The van der Waals surface area contributed by atoms with Gasteiger partial charge in [0.15, 0.2) is 21.3 Å². The van der Waals surface area contributed by atoms with Gasteiger partial charge in [0.2, 0.25) is 0 Å². The van der Waals surface area contributed by atoms with E-state index in [1.807, 2.05) is 0 Å². The maximum absolute atomic E-state index is 13.9. The van der Waals surface area contributed by atoms with E-state index < -0.39 is 0 Å².